The lowest BCUT2D eigenvalue weighted by molar-refractivity contribution is 0.0356. The minimum Gasteiger partial charge on any atom is -0.445 e. The molecule has 96 valence electrons. The van der Waals surface area contributed by atoms with E-state index in [1.165, 1.54) is 4.90 Å². The lowest BCUT2D eigenvalue weighted by Gasteiger charge is -2.27. The zero-order valence-corrected chi connectivity index (χ0v) is 10.2. The van der Waals surface area contributed by atoms with Gasteiger partial charge in [0.1, 0.15) is 6.61 Å². The van der Waals surface area contributed by atoms with E-state index in [-0.39, 0.29) is 12.6 Å². The predicted molar refractivity (Wildman–Crippen MR) is 67.9 cm³/mol. The maximum absolute atomic E-state index is 11.6. The smallest absolute Gasteiger partial charge is 0.412 e. The summed E-state index contributed by atoms with van der Waals surface area (Å²) in [5, 5.41) is 9.78. The molecule has 1 aromatic carbocycles. The summed E-state index contributed by atoms with van der Waals surface area (Å²) >= 11 is 0. The van der Waals surface area contributed by atoms with Crippen LogP contribution in [-0.4, -0.2) is 35.0 Å². The fraction of sp³-hybridized carbons (Fsp3) is 0.357. The van der Waals surface area contributed by atoms with E-state index in [1.807, 2.05) is 30.3 Å². The first-order chi connectivity index (χ1) is 8.72. The monoisotopic (exact) mass is 247 g/mol. The molecule has 1 N–H and O–H groups in total. The molecule has 1 aliphatic heterocycles. The van der Waals surface area contributed by atoms with Crippen molar-refractivity contribution in [2.45, 2.75) is 25.1 Å². The van der Waals surface area contributed by atoms with E-state index in [0.717, 1.165) is 5.56 Å². The molecular formula is C14H17NO3. The summed E-state index contributed by atoms with van der Waals surface area (Å²) in [5.41, 5.74) is 1.12. The zero-order valence-electron chi connectivity index (χ0n) is 10.2. The van der Waals surface area contributed by atoms with Gasteiger partial charge in [0.15, 0.2) is 6.23 Å². The van der Waals surface area contributed by atoms with Crippen molar-refractivity contribution in [3.63, 3.8) is 0 Å². The number of benzene rings is 1. The third-order valence-corrected chi connectivity index (χ3v) is 3.03. The Labute approximate surface area is 106 Å². The Morgan fingerprint density at radius 2 is 2.22 bits per heavy atom. The molecule has 1 aliphatic rings. The molecule has 1 heterocycles. The minimum absolute atomic E-state index is 0.0429. The van der Waals surface area contributed by atoms with Gasteiger partial charge in [-0.15, -0.1) is 6.58 Å². The van der Waals surface area contributed by atoms with E-state index in [2.05, 4.69) is 6.58 Å². The van der Waals surface area contributed by atoms with Gasteiger partial charge in [-0.05, 0) is 18.4 Å². The molecule has 0 aromatic heterocycles. The number of rotatable bonds is 5. The molecule has 1 unspecified atom stereocenters. The van der Waals surface area contributed by atoms with Gasteiger partial charge in [0.2, 0.25) is 0 Å². The van der Waals surface area contributed by atoms with E-state index in [1.54, 1.807) is 6.08 Å². The molecule has 1 aromatic rings. The van der Waals surface area contributed by atoms with Crippen LogP contribution in [0.1, 0.15) is 12.0 Å². The highest BCUT2D eigenvalue weighted by molar-refractivity contribution is 5.70. The molecule has 1 fully saturated rings. The van der Waals surface area contributed by atoms with Crippen molar-refractivity contribution in [1.29, 1.82) is 0 Å². The zero-order chi connectivity index (χ0) is 13.0. The molecule has 4 heteroatoms. The summed E-state index contributed by atoms with van der Waals surface area (Å²) in [4.78, 5) is 13.0. The van der Waals surface area contributed by atoms with Crippen LogP contribution in [0.3, 0.4) is 0 Å². The van der Waals surface area contributed by atoms with Crippen LogP contribution in [0.15, 0.2) is 43.0 Å². The topological polar surface area (TPSA) is 49.8 Å². The third-order valence-electron chi connectivity index (χ3n) is 3.03. The average Bonchev–Trinajstić information content (AvgIpc) is 2.70. The van der Waals surface area contributed by atoms with Crippen LogP contribution in [0.25, 0.3) is 0 Å². The third kappa shape index (κ3) is 2.71. The number of aliphatic hydroxyl groups excluding tert-OH is 1. The summed E-state index contributed by atoms with van der Waals surface area (Å²) in [6.07, 6.45) is 1.75. The van der Waals surface area contributed by atoms with Crippen LogP contribution in [0.2, 0.25) is 0 Å². The molecule has 0 spiro atoms. The Hall–Kier alpha value is -1.81. The van der Waals surface area contributed by atoms with Crippen molar-refractivity contribution in [3.8, 4) is 0 Å². The summed E-state index contributed by atoms with van der Waals surface area (Å²) < 4.78 is 4.85. The fourth-order valence-electron chi connectivity index (χ4n) is 2.19. The van der Waals surface area contributed by atoms with Crippen molar-refractivity contribution in [1.82, 2.24) is 4.90 Å². The normalized spacial score (nSPS) is 20.6. The van der Waals surface area contributed by atoms with E-state index in [0.29, 0.717) is 12.8 Å². The van der Waals surface area contributed by atoms with Crippen molar-refractivity contribution in [3.05, 3.63) is 48.6 Å². The van der Waals surface area contributed by atoms with Crippen LogP contribution in [0, 0.1) is 0 Å². The van der Waals surface area contributed by atoms with Gasteiger partial charge in [-0.2, -0.15) is 0 Å². The molecule has 0 aliphatic carbocycles. The number of cyclic esters (lactones) is 1. The second-order valence-corrected chi connectivity index (χ2v) is 4.33. The number of nitrogens with zero attached hydrogens (tertiary/aromatic N) is 1. The highest BCUT2D eigenvalue weighted by Gasteiger charge is 2.36. The van der Waals surface area contributed by atoms with Gasteiger partial charge in [-0.3, -0.25) is 4.90 Å². The van der Waals surface area contributed by atoms with Crippen molar-refractivity contribution < 1.29 is 14.6 Å². The Morgan fingerprint density at radius 1 is 1.50 bits per heavy atom. The maximum Gasteiger partial charge on any atom is 0.412 e. The van der Waals surface area contributed by atoms with Crippen LogP contribution in [0.4, 0.5) is 4.79 Å². The summed E-state index contributed by atoms with van der Waals surface area (Å²) in [7, 11) is 0. The van der Waals surface area contributed by atoms with Crippen LogP contribution in [-0.2, 0) is 11.2 Å². The van der Waals surface area contributed by atoms with E-state index < -0.39 is 12.3 Å². The van der Waals surface area contributed by atoms with Gasteiger partial charge in [-0.25, -0.2) is 4.79 Å². The van der Waals surface area contributed by atoms with Gasteiger partial charge in [0.25, 0.3) is 0 Å². The summed E-state index contributed by atoms with van der Waals surface area (Å²) in [6.45, 7) is 3.75. The molecule has 2 atom stereocenters. The Kier molecular flexibility index (Phi) is 3.99. The fourth-order valence-corrected chi connectivity index (χ4v) is 2.19. The Bertz CT molecular complexity index is 418. The highest BCUT2D eigenvalue weighted by atomic mass is 16.6. The first-order valence-corrected chi connectivity index (χ1v) is 6.00. The average molecular weight is 247 g/mol. The van der Waals surface area contributed by atoms with Gasteiger partial charge >= 0.3 is 6.09 Å². The second-order valence-electron chi connectivity index (χ2n) is 4.33. The van der Waals surface area contributed by atoms with Gasteiger partial charge in [-0.1, -0.05) is 36.4 Å². The number of hydrogen-bond donors (Lipinski definition) is 1. The summed E-state index contributed by atoms with van der Waals surface area (Å²) in [6, 6.07) is 9.76. The van der Waals surface area contributed by atoms with Crippen LogP contribution >= 0.6 is 0 Å². The minimum atomic E-state index is -0.855. The van der Waals surface area contributed by atoms with Gasteiger partial charge in [0, 0.05) is 6.04 Å². The largest absolute Gasteiger partial charge is 0.445 e. The van der Waals surface area contributed by atoms with E-state index in [4.69, 9.17) is 4.74 Å². The molecular weight excluding hydrogens is 230 g/mol. The lowest BCUT2D eigenvalue weighted by Crippen LogP contribution is -2.43. The summed E-state index contributed by atoms with van der Waals surface area (Å²) in [5.74, 6) is 0. The van der Waals surface area contributed by atoms with Gasteiger partial charge in [0.05, 0.1) is 0 Å². The Balaban J connectivity index is 2.13. The first-order valence-electron chi connectivity index (χ1n) is 6.00. The van der Waals surface area contributed by atoms with Crippen molar-refractivity contribution in [2.24, 2.45) is 0 Å². The molecule has 18 heavy (non-hydrogen) atoms. The van der Waals surface area contributed by atoms with Crippen LogP contribution in [0.5, 0.6) is 0 Å². The molecule has 1 amide bonds. The van der Waals surface area contributed by atoms with E-state index >= 15 is 0 Å². The first kappa shape index (κ1) is 12.6. The van der Waals surface area contributed by atoms with Crippen LogP contribution < -0.4 is 0 Å². The Morgan fingerprint density at radius 3 is 2.78 bits per heavy atom. The maximum atomic E-state index is 11.6. The number of carbonyl (C=O) groups excluding carboxylic acids is 1. The van der Waals surface area contributed by atoms with E-state index in [9.17, 15) is 9.90 Å². The second kappa shape index (κ2) is 5.69. The molecule has 0 bridgehead atoms. The SMILES string of the molecule is C=CC[C@H](Cc1ccccc1)N1C(=O)OCC1O. The quantitative estimate of drug-likeness (QED) is 0.809. The standard InChI is InChI=1S/C14H17NO3/c1-2-6-12(9-11-7-4-3-5-8-11)15-13(16)10-18-14(15)17/h2-5,7-8,12-13,16H,1,6,9-10H2/t12-,13?/m1/s1. The molecule has 2 rings (SSSR count). The number of amides is 1. The predicted octanol–water partition coefficient (Wildman–Crippen LogP) is 1.94. The molecule has 4 nitrogen and oxygen atoms in total. The van der Waals surface area contributed by atoms with Crippen molar-refractivity contribution in [2.75, 3.05) is 6.61 Å². The lowest BCUT2D eigenvalue weighted by atomic mass is 10.0. The number of hydrogen-bond acceptors (Lipinski definition) is 3. The highest BCUT2D eigenvalue weighted by Crippen LogP contribution is 2.20. The number of ether oxygens (including phenoxy) is 1. The van der Waals surface area contributed by atoms with Crippen molar-refractivity contribution >= 4 is 6.09 Å². The molecule has 1 saturated heterocycles. The number of aliphatic hydroxyl groups is 1. The van der Waals surface area contributed by atoms with Gasteiger partial charge < -0.3 is 9.84 Å². The molecule has 0 saturated carbocycles. The number of carbonyl (C=O) groups is 1. The molecule has 0 radical (unpaired) electrons.